The van der Waals surface area contributed by atoms with Crippen LogP contribution in [0.1, 0.15) is 51.9 Å². The molecular weight excluding hydrogens is 378 g/mol. The molecule has 0 aliphatic heterocycles. The number of thiophene rings is 1. The molecule has 5 heteroatoms. The summed E-state index contributed by atoms with van der Waals surface area (Å²) in [5.74, 6) is 0.238. The van der Waals surface area contributed by atoms with E-state index in [0.29, 0.717) is 28.5 Å². The second-order valence-corrected chi connectivity index (χ2v) is 8.65. The Bertz CT molecular complexity index is 960. The summed E-state index contributed by atoms with van der Waals surface area (Å²) in [6.45, 7) is 3.16. The second-order valence-electron chi connectivity index (χ2n) is 7.63. The third-order valence-corrected chi connectivity index (χ3v) is 6.78. The van der Waals surface area contributed by atoms with Gasteiger partial charge < -0.3 is 9.47 Å². The molecule has 1 saturated carbocycles. The van der Waals surface area contributed by atoms with E-state index in [9.17, 15) is 4.39 Å². The molecule has 1 aliphatic carbocycles. The molecule has 0 bridgehead atoms. The zero-order chi connectivity index (χ0) is 19.5. The highest BCUT2D eigenvalue weighted by molar-refractivity contribution is 7.25. The maximum absolute atomic E-state index is 15.0. The molecule has 1 heterocycles. The van der Waals surface area contributed by atoms with Crippen LogP contribution in [0.5, 0.6) is 11.5 Å². The quantitative estimate of drug-likeness (QED) is 0.363. The first-order chi connectivity index (χ1) is 13.7. The van der Waals surface area contributed by atoms with Crippen LogP contribution in [0.25, 0.3) is 20.2 Å². The van der Waals surface area contributed by atoms with Crippen LogP contribution in [0.15, 0.2) is 24.3 Å². The Labute approximate surface area is 168 Å². The molecule has 2 nitrogen and oxygen atoms in total. The minimum absolute atomic E-state index is 0.244. The lowest BCUT2D eigenvalue weighted by Crippen LogP contribution is -2.08. The predicted octanol–water partition coefficient (Wildman–Crippen LogP) is 7.47. The first kappa shape index (κ1) is 19.4. The van der Waals surface area contributed by atoms with E-state index in [-0.39, 0.29) is 17.3 Å². The van der Waals surface area contributed by atoms with Gasteiger partial charge in [-0.05, 0) is 49.4 Å². The molecule has 2 aromatic carbocycles. The summed E-state index contributed by atoms with van der Waals surface area (Å²) in [5.41, 5.74) is 0. The van der Waals surface area contributed by atoms with Gasteiger partial charge in [-0.25, -0.2) is 8.78 Å². The third-order valence-electron chi connectivity index (χ3n) is 5.57. The van der Waals surface area contributed by atoms with Gasteiger partial charge in [-0.1, -0.05) is 32.6 Å². The van der Waals surface area contributed by atoms with Crippen molar-refractivity contribution in [3.05, 3.63) is 35.9 Å². The maximum atomic E-state index is 15.0. The van der Waals surface area contributed by atoms with Crippen LogP contribution in [0.2, 0.25) is 0 Å². The van der Waals surface area contributed by atoms with Gasteiger partial charge in [0.15, 0.2) is 23.1 Å². The van der Waals surface area contributed by atoms with Crippen molar-refractivity contribution in [1.82, 2.24) is 0 Å². The van der Waals surface area contributed by atoms with Crippen LogP contribution >= 0.6 is 11.3 Å². The Morgan fingerprint density at radius 2 is 1.50 bits per heavy atom. The monoisotopic (exact) mass is 404 g/mol. The molecule has 0 spiro atoms. The number of fused-ring (bicyclic) bond motifs is 3. The van der Waals surface area contributed by atoms with Crippen LogP contribution in [0.3, 0.4) is 0 Å². The van der Waals surface area contributed by atoms with E-state index in [4.69, 9.17) is 9.47 Å². The zero-order valence-corrected chi connectivity index (χ0v) is 17.0. The molecule has 3 aromatic rings. The Morgan fingerprint density at radius 3 is 2.11 bits per heavy atom. The molecule has 1 aromatic heterocycles. The Balaban J connectivity index is 1.60. The fourth-order valence-corrected chi connectivity index (χ4v) is 5.10. The molecular formula is C23H26F2O2S. The second kappa shape index (κ2) is 8.64. The van der Waals surface area contributed by atoms with E-state index in [0.717, 1.165) is 54.2 Å². The fraction of sp³-hybridized carbons (Fsp3) is 0.478. The summed E-state index contributed by atoms with van der Waals surface area (Å²) in [6, 6.07) is 6.98. The van der Waals surface area contributed by atoms with Gasteiger partial charge in [0.1, 0.15) is 0 Å². The van der Waals surface area contributed by atoms with E-state index in [1.165, 1.54) is 12.8 Å². The number of ether oxygens (including phenoxy) is 2. The van der Waals surface area contributed by atoms with Gasteiger partial charge in [0, 0.05) is 10.8 Å². The summed E-state index contributed by atoms with van der Waals surface area (Å²) in [5, 5.41) is 1.45. The zero-order valence-electron chi connectivity index (χ0n) is 16.2. The maximum Gasteiger partial charge on any atom is 0.182 e. The van der Waals surface area contributed by atoms with Crippen molar-refractivity contribution in [3.8, 4) is 11.5 Å². The molecule has 0 radical (unpaired) electrons. The van der Waals surface area contributed by atoms with Crippen molar-refractivity contribution < 1.29 is 18.3 Å². The first-order valence-corrected chi connectivity index (χ1v) is 11.1. The summed E-state index contributed by atoms with van der Waals surface area (Å²) < 4.78 is 42.2. The Hall–Kier alpha value is -1.88. The van der Waals surface area contributed by atoms with Gasteiger partial charge in [-0.2, -0.15) is 0 Å². The van der Waals surface area contributed by atoms with Gasteiger partial charge in [0.2, 0.25) is 0 Å². The van der Waals surface area contributed by atoms with Gasteiger partial charge in [0.05, 0.1) is 22.6 Å². The molecule has 0 saturated heterocycles. The predicted molar refractivity (Wildman–Crippen MR) is 112 cm³/mol. The Morgan fingerprint density at radius 1 is 0.893 bits per heavy atom. The van der Waals surface area contributed by atoms with Crippen molar-refractivity contribution in [2.24, 2.45) is 5.92 Å². The van der Waals surface area contributed by atoms with Crippen molar-refractivity contribution >= 4 is 31.5 Å². The van der Waals surface area contributed by atoms with Crippen molar-refractivity contribution in [1.29, 1.82) is 0 Å². The number of halogens is 2. The average molecular weight is 405 g/mol. The molecule has 0 amide bonds. The highest BCUT2D eigenvalue weighted by Crippen LogP contribution is 2.42. The molecule has 0 N–H and O–H groups in total. The molecule has 1 aliphatic rings. The topological polar surface area (TPSA) is 18.5 Å². The minimum Gasteiger partial charge on any atom is -0.490 e. The average Bonchev–Trinajstić information content (AvgIpc) is 3.35. The number of hydrogen-bond acceptors (Lipinski definition) is 3. The van der Waals surface area contributed by atoms with Gasteiger partial charge in [-0.3, -0.25) is 0 Å². The lowest BCUT2D eigenvalue weighted by Gasteiger charge is -2.12. The summed E-state index contributed by atoms with van der Waals surface area (Å²) in [7, 11) is 0. The van der Waals surface area contributed by atoms with Gasteiger partial charge >= 0.3 is 0 Å². The largest absolute Gasteiger partial charge is 0.490 e. The Kier molecular flexibility index (Phi) is 6.00. The summed E-state index contributed by atoms with van der Waals surface area (Å²) in [4.78, 5) is 0. The summed E-state index contributed by atoms with van der Waals surface area (Å²) >= 11 is 1.14. The highest BCUT2D eigenvalue weighted by Gasteiger charge is 2.20. The van der Waals surface area contributed by atoms with Crippen molar-refractivity contribution in [2.45, 2.75) is 51.9 Å². The molecule has 0 atom stereocenters. The van der Waals surface area contributed by atoms with Crippen LogP contribution in [-0.4, -0.2) is 13.2 Å². The SMILES string of the molecule is CCCCCOc1ccc2c(sc3c(F)c(OCC4CCCC4)ccc32)c1F. The lowest BCUT2D eigenvalue weighted by molar-refractivity contribution is 0.243. The van der Waals surface area contributed by atoms with Crippen LogP contribution < -0.4 is 9.47 Å². The lowest BCUT2D eigenvalue weighted by atomic mass is 10.1. The number of hydrogen-bond donors (Lipinski definition) is 0. The number of benzene rings is 2. The molecule has 4 rings (SSSR count). The van der Waals surface area contributed by atoms with Crippen LogP contribution in [-0.2, 0) is 0 Å². The van der Waals surface area contributed by atoms with Gasteiger partial charge in [-0.15, -0.1) is 11.3 Å². The number of unbranched alkanes of at least 4 members (excludes halogenated alkanes) is 2. The molecule has 1 fully saturated rings. The molecule has 0 unspecified atom stereocenters. The third kappa shape index (κ3) is 3.82. The van der Waals surface area contributed by atoms with Gasteiger partial charge in [0.25, 0.3) is 0 Å². The number of rotatable bonds is 8. The van der Waals surface area contributed by atoms with Crippen molar-refractivity contribution in [3.63, 3.8) is 0 Å². The first-order valence-electron chi connectivity index (χ1n) is 10.3. The van der Waals surface area contributed by atoms with Crippen molar-refractivity contribution in [2.75, 3.05) is 13.2 Å². The van der Waals surface area contributed by atoms with Crippen LogP contribution in [0.4, 0.5) is 8.78 Å². The van der Waals surface area contributed by atoms with E-state index >= 15 is 4.39 Å². The standard InChI is InChI=1S/C23H26F2O2S/c1-2-3-6-13-26-18-11-9-16-17-10-12-19(27-14-15-7-4-5-8-15)21(25)23(17)28-22(16)20(18)24/h9-12,15H,2-8,13-14H2,1H3. The summed E-state index contributed by atoms with van der Waals surface area (Å²) in [6.07, 6.45) is 7.81. The molecule has 28 heavy (non-hydrogen) atoms. The normalized spacial score (nSPS) is 15.0. The molecule has 150 valence electrons. The highest BCUT2D eigenvalue weighted by atomic mass is 32.1. The van der Waals surface area contributed by atoms with Crippen LogP contribution in [0, 0.1) is 17.6 Å². The van der Waals surface area contributed by atoms with E-state index in [1.54, 1.807) is 12.1 Å². The fourth-order valence-electron chi connectivity index (χ4n) is 3.94. The minimum atomic E-state index is -0.400. The smallest absolute Gasteiger partial charge is 0.182 e. The van der Waals surface area contributed by atoms with E-state index < -0.39 is 5.82 Å². The van der Waals surface area contributed by atoms with E-state index in [2.05, 4.69) is 6.92 Å². The van der Waals surface area contributed by atoms with E-state index in [1.807, 2.05) is 12.1 Å².